The van der Waals surface area contributed by atoms with E-state index >= 15 is 0 Å². The molecule has 14 heteroatoms. The fourth-order valence-electron chi connectivity index (χ4n) is 2.77. The number of aromatic hydroxyl groups is 2. The average Bonchev–Trinajstić information content (AvgIpc) is 2.96. The SMILES string of the molecule is CC(=O)OCC1O[C@H](On2c(O)ccc2O)C(N=[N+]=[N-])[C@@H](OC(C)=O)[C@H]1OC(C)=O. The van der Waals surface area contributed by atoms with Crippen molar-refractivity contribution >= 4 is 17.9 Å². The smallest absolute Gasteiger partial charge is 0.303 e. The average molecular weight is 428 g/mol. The standard InChI is InChI=1S/C16H20N4O10/c1-7(21)26-6-10-14(27-8(2)22)15(28-9(3)23)13(18-19-17)16(29-10)30-20-11(24)4-5-12(20)25/h4-5,10,13-16,24-25H,6H2,1-3H3/t10?,13?,14-,15+,16+/m0/s1. The highest BCUT2D eigenvalue weighted by Crippen LogP contribution is 2.30. The summed E-state index contributed by atoms with van der Waals surface area (Å²) in [5.41, 5.74) is 8.96. The minimum Gasteiger partial charge on any atom is -0.492 e. The molecule has 0 spiro atoms. The van der Waals surface area contributed by atoms with E-state index in [0.29, 0.717) is 4.73 Å². The second kappa shape index (κ2) is 9.71. The van der Waals surface area contributed by atoms with Crippen LogP contribution < -0.4 is 4.84 Å². The summed E-state index contributed by atoms with van der Waals surface area (Å²) in [6.45, 7) is 2.88. The number of hydrogen-bond acceptors (Lipinski definition) is 11. The molecule has 1 aromatic rings. The maximum atomic E-state index is 11.6. The lowest BCUT2D eigenvalue weighted by Gasteiger charge is -2.42. The lowest BCUT2D eigenvalue weighted by Crippen LogP contribution is -2.62. The number of nitrogens with zero attached hydrogens (tertiary/aromatic N) is 4. The summed E-state index contributed by atoms with van der Waals surface area (Å²) < 4.78 is 21.5. The maximum absolute atomic E-state index is 11.6. The van der Waals surface area contributed by atoms with E-state index in [1.165, 1.54) is 0 Å². The van der Waals surface area contributed by atoms with Gasteiger partial charge in [0.15, 0.2) is 12.2 Å². The van der Waals surface area contributed by atoms with Crippen LogP contribution in [0.25, 0.3) is 10.4 Å². The number of azide groups is 1. The molecule has 1 fully saturated rings. The molecule has 1 aliphatic heterocycles. The molecule has 0 bridgehead atoms. The Morgan fingerprint density at radius 1 is 1.10 bits per heavy atom. The second-order valence-corrected chi connectivity index (χ2v) is 6.14. The number of carbonyl (C=O) groups excluding carboxylic acids is 3. The summed E-state index contributed by atoms with van der Waals surface area (Å²) in [6.07, 6.45) is -5.49. The molecule has 0 radical (unpaired) electrons. The van der Waals surface area contributed by atoms with Crippen molar-refractivity contribution in [2.75, 3.05) is 6.61 Å². The summed E-state index contributed by atoms with van der Waals surface area (Å²) in [7, 11) is 0. The van der Waals surface area contributed by atoms with Crippen LogP contribution in [0.4, 0.5) is 0 Å². The molecule has 1 saturated heterocycles. The Hall–Kier alpha value is -3.64. The first-order valence-electron chi connectivity index (χ1n) is 8.58. The van der Waals surface area contributed by atoms with Crippen LogP contribution in [-0.2, 0) is 33.3 Å². The molecule has 2 N–H and O–H groups in total. The van der Waals surface area contributed by atoms with E-state index in [9.17, 15) is 24.6 Å². The fraction of sp³-hybridized carbons (Fsp3) is 0.562. The van der Waals surface area contributed by atoms with Gasteiger partial charge in [0.2, 0.25) is 18.1 Å². The highest BCUT2D eigenvalue weighted by Gasteiger charge is 2.51. The molecule has 5 atom stereocenters. The first kappa shape index (κ1) is 22.6. The Morgan fingerprint density at radius 3 is 2.17 bits per heavy atom. The van der Waals surface area contributed by atoms with Crippen molar-refractivity contribution in [1.29, 1.82) is 0 Å². The molecule has 1 aliphatic rings. The van der Waals surface area contributed by atoms with E-state index in [1.807, 2.05) is 0 Å². The lowest BCUT2D eigenvalue weighted by atomic mass is 9.97. The Kier molecular flexibility index (Phi) is 7.33. The first-order chi connectivity index (χ1) is 14.1. The van der Waals surface area contributed by atoms with Crippen molar-refractivity contribution in [3.05, 3.63) is 22.6 Å². The minimum absolute atomic E-state index is 0.433. The zero-order valence-electron chi connectivity index (χ0n) is 16.2. The third-order valence-corrected chi connectivity index (χ3v) is 3.86. The van der Waals surface area contributed by atoms with Gasteiger partial charge < -0.3 is 34.0 Å². The molecule has 0 aliphatic carbocycles. The zero-order valence-corrected chi connectivity index (χ0v) is 16.2. The van der Waals surface area contributed by atoms with Gasteiger partial charge in [-0.05, 0) is 5.53 Å². The molecular weight excluding hydrogens is 408 g/mol. The maximum Gasteiger partial charge on any atom is 0.303 e. The number of rotatable bonds is 7. The number of esters is 3. The van der Waals surface area contributed by atoms with Gasteiger partial charge in [-0.15, -0.1) is 4.73 Å². The van der Waals surface area contributed by atoms with E-state index in [1.54, 1.807) is 0 Å². The van der Waals surface area contributed by atoms with Crippen molar-refractivity contribution in [2.24, 2.45) is 5.11 Å². The lowest BCUT2D eigenvalue weighted by molar-refractivity contribution is -0.274. The zero-order chi connectivity index (χ0) is 22.4. The predicted molar refractivity (Wildman–Crippen MR) is 93.7 cm³/mol. The van der Waals surface area contributed by atoms with Gasteiger partial charge in [0.05, 0.1) is 0 Å². The highest BCUT2D eigenvalue weighted by atomic mass is 16.8. The molecule has 2 heterocycles. The van der Waals surface area contributed by atoms with Crippen LogP contribution in [0.3, 0.4) is 0 Å². The van der Waals surface area contributed by atoms with Gasteiger partial charge in [0, 0.05) is 37.8 Å². The Labute approximate surface area is 169 Å². The van der Waals surface area contributed by atoms with Crippen molar-refractivity contribution in [3.63, 3.8) is 0 Å². The molecule has 2 rings (SSSR count). The van der Waals surface area contributed by atoms with Crippen LogP contribution in [0.5, 0.6) is 11.8 Å². The summed E-state index contributed by atoms with van der Waals surface area (Å²) in [5, 5.41) is 23.1. The normalized spacial score (nSPS) is 25.5. The largest absolute Gasteiger partial charge is 0.492 e. The molecular formula is C16H20N4O10. The molecule has 0 saturated carbocycles. The molecule has 14 nitrogen and oxygen atoms in total. The first-order valence-corrected chi connectivity index (χ1v) is 8.58. The van der Waals surface area contributed by atoms with E-state index in [2.05, 4.69) is 10.0 Å². The Morgan fingerprint density at radius 2 is 1.67 bits per heavy atom. The van der Waals surface area contributed by atoms with Gasteiger partial charge >= 0.3 is 17.9 Å². The Balaban J connectivity index is 2.46. The monoisotopic (exact) mass is 428 g/mol. The van der Waals surface area contributed by atoms with Crippen LogP contribution in [0.2, 0.25) is 0 Å². The minimum atomic E-state index is -1.55. The van der Waals surface area contributed by atoms with Gasteiger partial charge in [0.1, 0.15) is 18.8 Å². The molecule has 164 valence electrons. The van der Waals surface area contributed by atoms with E-state index in [0.717, 1.165) is 32.9 Å². The van der Waals surface area contributed by atoms with E-state index in [4.69, 9.17) is 29.3 Å². The summed E-state index contributed by atoms with van der Waals surface area (Å²) in [4.78, 5) is 42.5. The van der Waals surface area contributed by atoms with Crippen LogP contribution >= 0.6 is 0 Å². The third-order valence-electron chi connectivity index (χ3n) is 3.86. The number of carbonyl (C=O) groups is 3. The van der Waals surface area contributed by atoms with Crippen molar-refractivity contribution in [1.82, 2.24) is 4.73 Å². The number of ether oxygens (including phenoxy) is 4. The third kappa shape index (κ3) is 5.46. The van der Waals surface area contributed by atoms with Gasteiger partial charge in [-0.1, -0.05) is 5.11 Å². The van der Waals surface area contributed by atoms with Crippen molar-refractivity contribution < 1.29 is 48.4 Å². The number of aromatic nitrogens is 1. The Bertz CT molecular complexity index is 830. The molecule has 0 amide bonds. The summed E-state index contributed by atoms with van der Waals surface area (Å²) >= 11 is 0. The quantitative estimate of drug-likeness (QED) is 0.199. The molecule has 1 aromatic heterocycles. The van der Waals surface area contributed by atoms with Gasteiger partial charge in [-0.25, -0.2) is 0 Å². The van der Waals surface area contributed by atoms with Crippen LogP contribution in [-0.4, -0.2) is 70.1 Å². The summed E-state index contributed by atoms with van der Waals surface area (Å²) in [6, 6.07) is 0.808. The van der Waals surface area contributed by atoms with Crippen molar-refractivity contribution in [3.8, 4) is 11.8 Å². The molecule has 30 heavy (non-hydrogen) atoms. The van der Waals surface area contributed by atoms with Gasteiger partial charge in [-0.2, -0.15) is 0 Å². The van der Waals surface area contributed by atoms with Crippen molar-refractivity contribution in [2.45, 2.75) is 51.4 Å². The van der Waals surface area contributed by atoms with Crippen LogP contribution in [0.15, 0.2) is 17.2 Å². The topological polar surface area (TPSA) is 192 Å². The fourth-order valence-corrected chi connectivity index (χ4v) is 2.77. The van der Waals surface area contributed by atoms with Crippen LogP contribution in [0.1, 0.15) is 20.8 Å². The summed E-state index contributed by atoms with van der Waals surface area (Å²) in [5.74, 6) is -3.27. The highest BCUT2D eigenvalue weighted by molar-refractivity contribution is 5.68. The van der Waals surface area contributed by atoms with Gasteiger partial charge in [-0.3, -0.25) is 14.4 Å². The predicted octanol–water partition coefficient (Wildman–Crippen LogP) is 0.158. The van der Waals surface area contributed by atoms with E-state index in [-0.39, 0.29) is 0 Å². The van der Waals surface area contributed by atoms with Gasteiger partial charge in [0.25, 0.3) is 0 Å². The molecule has 2 unspecified atom stereocenters. The number of hydrogen-bond donors (Lipinski definition) is 2. The van der Waals surface area contributed by atoms with E-state index < -0.39 is 66.9 Å². The molecule has 0 aromatic carbocycles. The second-order valence-electron chi connectivity index (χ2n) is 6.14. The van der Waals surface area contributed by atoms with Crippen LogP contribution in [0, 0.1) is 0 Å².